The molecule has 2 aromatic carbocycles. The average Bonchev–Trinajstić information content (AvgIpc) is 2.70. The summed E-state index contributed by atoms with van der Waals surface area (Å²) in [6.07, 6.45) is 6.11. The predicted molar refractivity (Wildman–Crippen MR) is 111 cm³/mol. The van der Waals surface area contributed by atoms with Gasteiger partial charge >= 0.3 is 0 Å². The topological polar surface area (TPSA) is 59.6 Å². The van der Waals surface area contributed by atoms with Crippen LogP contribution in [-0.4, -0.2) is 26.2 Å². The third-order valence-electron chi connectivity index (χ3n) is 4.20. The highest BCUT2D eigenvalue weighted by molar-refractivity contribution is 5.93. The van der Waals surface area contributed by atoms with Gasteiger partial charge in [-0.05, 0) is 55.0 Å². The molecule has 5 nitrogen and oxygen atoms in total. The Bertz CT molecular complexity index is 669. The fraction of sp³-hybridized carbons (Fsp3) is 0.409. The monoisotopic (exact) mass is 370 g/mol. The van der Waals surface area contributed by atoms with Crippen LogP contribution in [0.25, 0.3) is 0 Å². The van der Waals surface area contributed by atoms with Crippen LogP contribution in [0, 0.1) is 0 Å². The summed E-state index contributed by atoms with van der Waals surface area (Å²) in [5, 5.41) is 5.95. The number of methoxy groups -OCH3 is 1. The van der Waals surface area contributed by atoms with Crippen LogP contribution in [0.5, 0.6) is 11.5 Å². The summed E-state index contributed by atoms with van der Waals surface area (Å²) in [7, 11) is 1.62. The van der Waals surface area contributed by atoms with Gasteiger partial charge in [-0.1, -0.05) is 32.6 Å². The first kappa shape index (κ1) is 20.6. The minimum Gasteiger partial charge on any atom is -0.497 e. The Hall–Kier alpha value is -2.69. The number of ether oxygens (including phenoxy) is 2. The van der Waals surface area contributed by atoms with Crippen LogP contribution in [0.4, 0.5) is 11.4 Å². The molecular formula is C22H30N2O3. The summed E-state index contributed by atoms with van der Waals surface area (Å²) in [6, 6.07) is 14.9. The lowest BCUT2D eigenvalue weighted by molar-refractivity contribution is -0.114. The van der Waals surface area contributed by atoms with E-state index in [0.717, 1.165) is 35.9 Å². The van der Waals surface area contributed by atoms with Crippen LogP contribution in [0.1, 0.15) is 39.0 Å². The lowest BCUT2D eigenvalue weighted by Gasteiger charge is -2.10. The molecule has 0 radical (unpaired) electrons. The molecule has 0 heterocycles. The van der Waals surface area contributed by atoms with Crippen molar-refractivity contribution in [3.63, 3.8) is 0 Å². The number of anilines is 2. The molecule has 0 spiro atoms. The van der Waals surface area contributed by atoms with Gasteiger partial charge in [-0.2, -0.15) is 0 Å². The molecule has 0 unspecified atom stereocenters. The van der Waals surface area contributed by atoms with E-state index in [2.05, 4.69) is 17.6 Å². The third-order valence-corrected chi connectivity index (χ3v) is 4.20. The fourth-order valence-electron chi connectivity index (χ4n) is 2.63. The second kappa shape index (κ2) is 11.8. The van der Waals surface area contributed by atoms with Gasteiger partial charge in [-0.3, -0.25) is 4.79 Å². The minimum atomic E-state index is -0.101. The van der Waals surface area contributed by atoms with E-state index in [0.29, 0.717) is 0 Å². The molecule has 2 rings (SSSR count). The van der Waals surface area contributed by atoms with Gasteiger partial charge in [0.2, 0.25) is 5.91 Å². The number of unbranched alkanes of at least 4 members (excludes halogenated alkanes) is 4. The third kappa shape index (κ3) is 8.03. The second-order valence-electron chi connectivity index (χ2n) is 6.42. The van der Waals surface area contributed by atoms with Crippen LogP contribution in [0.3, 0.4) is 0 Å². The normalized spacial score (nSPS) is 10.3. The van der Waals surface area contributed by atoms with Crippen molar-refractivity contribution in [2.24, 2.45) is 0 Å². The Kier molecular flexibility index (Phi) is 9.04. The maximum absolute atomic E-state index is 12.1. The molecule has 1 amide bonds. The molecule has 2 N–H and O–H groups in total. The first-order valence-electron chi connectivity index (χ1n) is 9.62. The Labute approximate surface area is 162 Å². The molecule has 146 valence electrons. The van der Waals surface area contributed by atoms with E-state index in [-0.39, 0.29) is 12.5 Å². The predicted octanol–water partition coefficient (Wildman–Crippen LogP) is 5.10. The van der Waals surface area contributed by atoms with Crippen LogP contribution < -0.4 is 20.1 Å². The lowest BCUT2D eigenvalue weighted by atomic mass is 10.2. The van der Waals surface area contributed by atoms with Crippen LogP contribution in [0.2, 0.25) is 0 Å². The smallest absolute Gasteiger partial charge is 0.243 e. The van der Waals surface area contributed by atoms with Gasteiger partial charge in [-0.15, -0.1) is 0 Å². The number of nitrogens with one attached hydrogen (secondary N) is 2. The maximum Gasteiger partial charge on any atom is 0.243 e. The Morgan fingerprint density at radius 3 is 2.15 bits per heavy atom. The Balaban J connectivity index is 1.67. The van der Waals surface area contributed by atoms with Gasteiger partial charge < -0.3 is 20.1 Å². The molecule has 0 aliphatic carbocycles. The van der Waals surface area contributed by atoms with Crippen molar-refractivity contribution < 1.29 is 14.3 Å². The summed E-state index contributed by atoms with van der Waals surface area (Å²) < 4.78 is 10.8. The van der Waals surface area contributed by atoms with Crippen LogP contribution >= 0.6 is 0 Å². The molecule has 0 saturated carbocycles. The Morgan fingerprint density at radius 1 is 0.852 bits per heavy atom. The Morgan fingerprint density at radius 2 is 1.48 bits per heavy atom. The highest BCUT2D eigenvalue weighted by Crippen LogP contribution is 2.17. The van der Waals surface area contributed by atoms with Crippen molar-refractivity contribution in [3.8, 4) is 11.5 Å². The van der Waals surface area contributed by atoms with Crippen molar-refractivity contribution in [1.29, 1.82) is 0 Å². The highest BCUT2D eigenvalue weighted by Gasteiger charge is 2.03. The number of rotatable bonds is 12. The summed E-state index contributed by atoms with van der Waals surface area (Å²) in [6.45, 7) is 3.15. The van der Waals surface area contributed by atoms with E-state index in [4.69, 9.17) is 9.47 Å². The summed E-state index contributed by atoms with van der Waals surface area (Å²) in [5.41, 5.74) is 1.63. The number of carbonyl (C=O) groups is 1. The number of benzene rings is 2. The quantitative estimate of drug-likeness (QED) is 0.511. The fourth-order valence-corrected chi connectivity index (χ4v) is 2.63. The highest BCUT2D eigenvalue weighted by atomic mass is 16.5. The second-order valence-corrected chi connectivity index (χ2v) is 6.42. The van der Waals surface area contributed by atoms with Gasteiger partial charge in [0.1, 0.15) is 11.5 Å². The molecule has 0 atom stereocenters. The maximum atomic E-state index is 12.1. The van der Waals surface area contributed by atoms with E-state index in [9.17, 15) is 4.79 Å². The molecule has 2 aromatic rings. The molecular weight excluding hydrogens is 340 g/mol. The van der Waals surface area contributed by atoms with Crippen molar-refractivity contribution in [2.45, 2.75) is 39.0 Å². The number of hydrogen-bond donors (Lipinski definition) is 2. The van der Waals surface area contributed by atoms with Gasteiger partial charge in [0.25, 0.3) is 0 Å². The first-order valence-corrected chi connectivity index (χ1v) is 9.62. The summed E-state index contributed by atoms with van der Waals surface area (Å²) in [5.74, 6) is 1.52. The van der Waals surface area contributed by atoms with E-state index >= 15 is 0 Å². The van der Waals surface area contributed by atoms with E-state index in [1.54, 1.807) is 7.11 Å². The molecule has 0 bridgehead atoms. The van der Waals surface area contributed by atoms with Crippen molar-refractivity contribution in [2.75, 3.05) is 30.9 Å². The zero-order valence-corrected chi connectivity index (χ0v) is 16.3. The van der Waals surface area contributed by atoms with Crippen molar-refractivity contribution in [3.05, 3.63) is 48.5 Å². The molecule has 0 aliphatic rings. The van der Waals surface area contributed by atoms with E-state index < -0.39 is 0 Å². The number of hydrogen-bond acceptors (Lipinski definition) is 4. The summed E-state index contributed by atoms with van der Waals surface area (Å²) >= 11 is 0. The number of carbonyl (C=O) groups excluding carboxylic acids is 1. The molecule has 0 aromatic heterocycles. The summed E-state index contributed by atoms with van der Waals surface area (Å²) in [4.78, 5) is 12.1. The zero-order chi connectivity index (χ0) is 19.3. The molecule has 5 heteroatoms. The van der Waals surface area contributed by atoms with E-state index in [1.807, 2.05) is 48.5 Å². The SMILES string of the molecule is CCCCCCCOc1ccc(NC(=O)CNc2ccc(OC)cc2)cc1. The van der Waals surface area contributed by atoms with Crippen molar-refractivity contribution in [1.82, 2.24) is 0 Å². The zero-order valence-electron chi connectivity index (χ0n) is 16.3. The standard InChI is InChI=1S/C22H30N2O3/c1-3-4-5-6-7-16-27-21-14-10-19(11-15-21)24-22(25)17-23-18-8-12-20(26-2)13-9-18/h8-15,23H,3-7,16-17H2,1-2H3,(H,24,25). The molecule has 0 aliphatic heterocycles. The first-order chi connectivity index (χ1) is 13.2. The number of amides is 1. The molecule has 0 fully saturated rings. The van der Waals surface area contributed by atoms with Gasteiger partial charge in [-0.25, -0.2) is 0 Å². The van der Waals surface area contributed by atoms with Crippen LogP contribution in [-0.2, 0) is 4.79 Å². The molecule has 0 saturated heterocycles. The van der Waals surface area contributed by atoms with Gasteiger partial charge in [0.05, 0.1) is 20.3 Å². The largest absolute Gasteiger partial charge is 0.497 e. The van der Waals surface area contributed by atoms with Crippen molar-refractivity contribution >= 4 is 17.3 Å². The molecule has 27 heavy (non-hydrogen) atoms. The minimum absolute atomic E-state index is 0.101. The van der Waals surface area contributed by atoms with E-state index in [1.165, 1.54) is 25.7 Å². The van der Waals surface area contributed by atoms with Gasteiger partial charge in [0, 0.05) is 11.4 Å². The lowest BCUT2D eigenvalue weighted by Crippen LogP contribution is -2.21. The average molecular weight is 370 g/mol. The van der Waals surface area contributed by atoms with Gasteiger partial charge in [0.15, 0.2) is 0 Å². The van der Waals surface area contributed by atoms with Crippen LogP contribution in [0.15, 0.2) is 48.5 Å².